The number of ether oxygens (including phenoxy) is 1. The van der Waals surface area contributed by atoms with Crippen LogP contribution in [0.25, 0.3) is 0 Å². The Balaban J connectivity index is 0.00000196. The number of benzene rings is 1. The number of carbonyl (C=O) groups is 1. The molecule has 2 aliphatic rings. The molecule has 0 amide bonds. The molecule has 1 fully saturated rings. The Hall–Kier alpha value is -1.21. The Labute approximate surface area is 186 Å². The quantitative estimate of drug-likeness (QED) is 0.471. The van der Waals surface area contributed by atoms with Crippen LogP contribution in [-0.2, 0) is 4.79 Å². The van der Waals surface area contributed by atoms with Gasteiger partial charge in [0.2, 0.25) is 0 Å². The Bertz CT molecular complexity index is 724. The minimum Gasteiger partial charge on any atom is -1.00 e. The van der Waals surface area contributed by atoms with E-state index < -0.39 is 5.97 Å². The van der Waals surface area contributed by atoms with Crippen LogP contribution in [0, 0.1) is 17.3 Å². The fourth-order valence-electron chi connectivity index (χ4n) is 4.32. The molecule has 4 heteroatoms. The molecule has 3 nitrogen and oxygen atoms in total. The molecule has 1 aromatic rings. The van der Waals surface area contributed by atoms with E-state index in [9.17, 15) is 4.79 Å². The molecule has 1 spiro atoms. The summed E-state index contributed by atoms with van der Waals surface area (Å²) in [5.74, 6) is 5.54. The summed E-state index contributed by atoms with van der Waals surface area (Å²) >= 11 is 0. The van der Waals surface area contributed by atoms with Crippen molar-refractivity contribution < 1.29 is 45.6 Å². The number of rotatable bonds is 6. The van der Waals surface area contributed by atoms with E-state index >= 15 is 0 Å². The van der Waals surface area contributed by atoms with Crippen LogP contribution < -0.4 is 34.3 Å². The summed E-state index contributed by atoms with van der Waals surface area (Å²) in [6.07, 6.45) is 11.8. The summed E-state index contributed by atoms with van der Waals surface area (Å²) in [7, 11) is 0. The average molecular weight is 376 g/mol. The predicted molar refractivity (Wildman–Crippen MR) is 104 cm³/mol. The number of allylic oxidation sites excluding steroid dienone is 1. The van der Waals surface area contributed by atoms with Gasteiger partial charge in [0.15, 0.2) is 0 Å². The zero-order chi connectivity index (χ0) is 18.4. The van der Waals surface area contributed by atoms with Gasteiger partial charge in [0, 0.05) is 0 Å². The molecule has 0 aromatic heterocycles. The number of hydrogen-bond donors (Lipinski definition) is 1. The largest absolute Gasteiger partial charge is 1.00 e. The second-order valence-corrected chi connectivity index (χ2v) is 7.63. The van der Waals surface area contributed by atoms with Crippen LogP contribution in [0.5, 0.6) is 5.75 Å². The minimum absolute atomic E-state index is 0. The van der Waals surface area contributed by atoms with Crippen molar-refractivity contribution >= 4 is 5.97 Å². The Kier molecular flexibility index (Phi) is 8.48. The molecule has 0 aliphatic heterocycles. The SMILES string of the molecule is CC#CC(CC(=O)O)c1ccc(OCC2=CC3(CCCCC3)CC2)cc1.[H-].[Na+]. The van der Waals surface area contributed by atoms with Crippen molar-refractivity contribution in [3.8, 4) is 17.6 Å². The van der Waals surface area contributed by atoms with Gasteiger partial charge in [-0.1, -0.05) is 43.4 Å². The summed E-state index contributed by atoms with van der Waals surface area (Å²) < 4.78 is 5.98. The van der Waals surface area contributed by atoms with Gasteiger partial charge in [-0.25, -0.2) is 0 Å². The first-order valence-corrected chi connectivity index (χ1v) is 9.68. The molecule has 1 saturated carbocycles. The molecular weight excluding hydrogens is 347 g/mol. The fraction of sp³-hybridized carbons (Fsp3) is 0.522. The standard InChI is InChI=1S/C23H28O3.Na.H/c1-2-6-20(15-22(24)25)19-7-9-21(10-8-19)26-17-18-11-14-23(16-18)12-4-3-5-13-23;;/h7-10,16,20H,3-5,11-15,17H2,1H3,(H,24,25);;/q;+1;-1. The molecule has 3 rings (SSSR count). The normalized spacial score (nSPS) is 18.6. The predicted octanol–water partition coefficient (Wildman–Crippen LogP) is 2.43. The smallest absolute Gasteiger partial charge is 1.00 e. The van der Waals surface area contributed by atoms with Crippen LogP contribution in [0.2, 0.25) is 0 Å². The zero-order valence-corrected chi connectivity index (χ0v) is 18.6. The van der Waals surface area contributed by atoms with E-state index in [-0.39, 0.29) is 43.3 Å². The van der Waals surface area contributed by atoms with Crippen molar-refractivity contribution in [2.24, 2.45) is 5.41 Å². The van der Waals surface area contributed by atoms with Crippen LogP contribution in [0.4, 0.5) is 0 Å². The van der Waals surface area contributed by atoms with Gasteiger partial charge in [0.05, 0.1) is 12.3 Å². The average Bonchev–Trinajstić information content (AvgIpc) is 3.03. The van der Waals surface area contributed by atoms with Crippen molar-refractivity contribution in [3.63, 3.8) is 0 Å². The maximum Gasteiger partial charge on any atom is 1.00 e. The van der Waals surface area contributed by atoms with Crippen molar-refractivity contribution in [1.29, 1.82) is 0 Å². The number of hydrogen-bond acceptors (Lipinski definition) is 2. The van der Waals surface area contributed by atoms with Crippen molar-refractivity contribution in [2.45, 2.75) is 64.2 Å². The van der Waals surface area contributed by atoms with Gasteiger partial charge in [-0.3, -0.25) is 4.79 Å². The molecule has 1 atom stereocenters. The second-order valence-electron chi connectivity index (χ2n) is 7.63. The monoisotopic (exact) mass is 376 g/mol. The molecule has 0 radical (unpaired) electrons. The summed E-state index contributed by atoms with van der Waals surface area (Å²) in [5.41, 5.74) is 2.82. The van der Waals surface area contributed by atoms with E-state index in [4.69, 9.17) is 9.84 Å². The summed E-state index contributed by atoms with van der Waals surface area (Å²) in [6, 6.07) is 7.71. The van der Waals surface area contributed by atoms with Gasteiger partial charge < -0.3 is 11.3 Å². The topological polar surface area (TPSA) is 46.5 Å². The molecule has 1 N–H and O–H groups in total. The van der Waals surface area contributed by atoms with E-state index in [1.807, 2.05) is 24.3 Å². The molecule has 1 unspecified atom stereocenters. The molecular formula is C23H29NaO3. The van der Waals surface area contributed by atoms with Gasteiger partial charge in [-0.15, -0.1) is 5.92 Å². The second kappa shape index (κ2) is 10.4. The fourth-order valence-corrected chi connectivity index (χ4v) is 4.32. The Morgan fingerprint density at radius 3 is 2.56 bits per heavy atom. The zero-order valence-electron chi connectivity index (χ0n) is 17.6. The molecule has 0 saturated heterocycles. The van der Waals surface area contributed by atoms with Crippen LogP contribution in [0.1, 0.15) is 71.2 Å². The first-order valence-electron chi connectivity index (χ1n) is 9.68. The van der Waals surface area contributed by atoms with Gasteiger partial charge in [-0.05, 0) is 61.3 Å². The molecule has 1 aromatic carbocycles. The maximum atomic E-state index is 11.0. The van der Waals surface area contributed by atoms with E-state index in [1.54, 1.807) is 6.92 Å². The summed E-state index contributed by atoms with van der Waals surface area (Å²) in [6.45, 7) is 2.40. The number of carboxylic acids is 1. The Morgan fingerprint density at radius 1 is 1.22 bits per heavy atom. The van der Waals surface area contributed by atoms with Crippen molar-refractivity contribution in [2.75, 3.05) is 6.61 Å². The van der Waals surface area contributed by atoms with Crippen molar-refractivity contribution in [3.05, 3.63) is 41.5 Å². The van der Waals surface area contributed by atoms with E-state index in [0.29, 0.717) is 12.0 Å². The van der Waals surface area contributed by atoms with Crippen LogP contribution >= 0.6 is 0 Å². The molecule has 27 heavy (non-hydrogen) atoms. The molecule has 140 valence electrons. The van der Waals surface area contributed by atoms with Gasteiger partial charge in [0.1, 0.15) is 12.4 Å². The third-order valence-corrected chi connectivity index (χ3v) is 5.71. The van der Waals surface area contributed by atoms with Crippen LogP contribution in [-0.4, -0.2) is 17.7 Å². The van der Waals surface area contributed by atoms with Crippen LogP contribution in [0.3, 0.4) is 0 Å². The van der Waals surface area contributed by atoms with E-state index in [2.05, 4.69) is 17.9 Å². The third kappa shape index (κ3) is 6.14. The Morgan fingerprint density at radius 2 is 1.93 bits per heavy atom. The van der Waals surface area contributed by atoms with E-state index in [1.165, 1.54) is 44.1 Å². The summed E-state index contributed by atoms with van der Waals surface area (Å²) in [4.78, 5) is 11.0. The van der Waals surface area contributed by atoms with Crippen LogP contribution in [0.15, 0.2) is 35.9 Å². The third-order valence-electron chi connectivity index (χ3n) is 5.71. The first-order chi connectivity index (χ1) is 12.6. The van der Waals surface area contributed by atoms with Gasteiger partial charge >= 0.3 is 35.5 Å². The first kappa shape index (κ1) is 22.1. The van der Waals surface area contributed by atoms with E-state index in [0.717, 1.165) is 17.7 Å². The molecule has 0 bridgehead atoms. The number of carboxylic acid groups (broad SMARTS) is 1. The number of aliphatic carboxylic acids is 1. The van der Waals surface area contributed by atoms with Crippen molar-refractivity contribution in [1.82, 2.24) is 0 Å². The van der Waals surface area contributed by atoms with Gasteiger partial charge in [-0.2, -0.15) is 0 Å². The minimum atomic E-state index is -0.831. The van der Waals surface area contributed by atoms with Gasteiger partial charge in [0.25, 0.3) is 0 Å². The molecule has 0 heterocycles. The maximum absolute atomic E-state index is 11.0. The summed E-state index contributed by atoms with van der Waals surface area (Å²) in [5, 5.41) is 9.04. The molecule has 2 aliphatic carbocycles.